The highest BCUT2D eigenvalue weighted by Gasteiger charge is 2.14. The van der Waals surface area contributed by atoms with Gasteiger partial charge in [0.05, 0.1) is 11.7 Å². The molecule has 1 aromatic carbocycles. The largest absolute Gasteiger partial charge is 0.348 e. The number of nitrogens with one attached hydrogen (secondary N) is 1. The molecule has 1 amide bonds. The summed E-state index contributed by atoms with van der Waals surface area (Å²) < 4.78 is 2.98. The monoisotopic (exact) mass is 324 g/mol. The van der Waals surface area contributed by atoms with Gasteiger partial charge in [-0.25, -0.2) is 0 Å². The van der Waals surface area contributed by atoms with Crippen LogP contribution in [0, 0.1) is 6.92 Å². The average Bonchev–Trinajstić information content (AvgIpc) is 2.85. The predicted molar refractivity (Wildman–Crippen MR) is 92.7 cm³/mol. The van der Waals surface area contributed by atoms with E-state index in [2.05, 4.69) is 10.4 Å². The maximum atomic E-state index is 12.6. The summed E-state index contributed by atoms with van der Waals surface area (Å²) in [4.78, 5) is 24.9. The molecule has 0 aliphatic carbocycles. The number of aromatic nitrogens is 3. The molecule has 6 nitrogen and oxygen atoms in total. The summed E-state index contributed by atoms with van der Waals surface area (Å²) in [6, 6.07) is 11.4. The van der Waals surface area contributed by atoms with Crippen LogP contribution in [0.1, 0.15) is 24.2 Å². The summed E-state index contributed by atoms with van der Waals surface area (Å²) in [5, 5.41) is 8.00. The summed E-state index contributed by atoms with van der Waals surface area (Å²) in [5.41, 5.74) is 2.13. The molecule has 0 saturated heterocycles. The number of rotatable bonds is 4. The maximum absolute atomic E-state index is 12.6. The first-order valence-electron chi connectivity index (χ1n) is 7.84. The molecule has 0 spiro atoms. The lowest BCUT2D eigenvalue weighted by atomic mass is 10.1. The third-order valence-electron chi connectivity index (χ3n) is 4.14. The number of pyridine rings is 1. The highest BCUT2D eigenvalue weighted by Crippen LogP contribution is 2.13. The predicted octanol–water partition coefficient (Wildman–Crippen LogP) is 1.92. The Bertz CT molecular complexity index is 941. The molecule has 6 heteroatoms. The molecule has 1 N–H and O–H groups in total. The number of hydrogen-bond donors (Lipinski definition) is 1. The lowest BCUT2D eigenvalue weighted by molar-refractivity contribution is -0.122. The van der Waals surface area contributed by atoms with Crippen molar-refractivity contribution in [1.82, 2.24) is 19.7 Å². The quantitative estimate of drug-likeness (QED) is 0.797. The second-order valence-corrected chi connectivity index (χ2v) is 5.92. The van der Waals surface area contributed by atoms with E-state index in [1.54, 1.807) is 17.9 Å². The second-order valence-electron chi connectivity index (χ2n) is 5.92. The van der Waals surface area contributed by atoms with E-state index in [0.29, 0.717) is 5.52 Å². The molecule has 24 heavy (non-hydrogen) atoms. The van der Waals surface area contributed by atoms with E-state index in [1.807, 2.05) is 50.2 Å². The first kappa shape index (κ1) is 16.0. The number of hydrogen-bond acceptors (Lipinski definition) is 3. The van der Waals surface area contributed by atoms with Crippen LogP contribution in [-0.4, -0.2) is 20.3 Å². The Morgan fingerprint density at radius 1 is 1.25 bits per heavy atom. The van der Waals surface area contributed by atoms with E-state index in [0.717, 1.165) is 16.6 Å². The van der Waals surface area contributed by atoms with E-state index in [1.165, 1.54) is 4.57 Å². The topological polar surface area (TPSA) is 68.9 Å². The molecule has 0 aliphatic heterocycles. The Hall–Kier alpha value is -2.89. The molecule has 0 radical (unpaired) electrons. The van der Waals surface area contributed by atoms with Crippen molar-refractivity contribution in [2.45, 2.75) is 26.4 Å². The van der Waals surface area contributed by atoms with Crippen molar-refractivity contribution in [2.24, 2.45) is 7.05 Å². The van der Waals surface area contributed by atoms with Crippen molar-refractivity contribution in [3.8, 4) is 0 Å². The van der Waals surface area contributed by atoms with Crippen LogP contribution in [0.15, 0.2) is 47.4 Å². The minimum Gasteiger partial charge on any atom is -0.348 e. The van der Waals surface area contributed by atoms with Gasteiger partial charge in [-0.2, -0.15) is 5.10 Å². The van der Waals surface area contributed by atoms with Crippen molar-refractivity contribution < 1.29 is 4.79 Å². The van der Waals surface area contributed by atoms with E-state index < -0.39 is 0 Å². The third-order valence-corrected chi connectivity index (χ3v) is 4.14. The Labute approximate surface area is 139 Å². The SMILES string of the molecule is Cc1nn(C)c2c(=O)n(CC(=O)NC(C)c3ccccc3)ccc12. The fraction of sp³-hybridized carbons (Fsp3) is 0.278. The minimum absolute atomic E-state index is 0.0177. The van der Waals surface area contributed by atoms with Gasteiger partial charge in [-0.3, -0.25) is 14.3 Å². The normalized spacial score (nSPS) is 12.3. The summed E-state index contributed by atoms with van der Waals surface area (Å²) in [5.74, 6) is -0.202. The van der Waals surface area contributed by atoms with Crippen LogP contribution in [-0.2, 0) is 18.4 Å². The molecular formula is C18H20N4O2. The number of nitrogens with zero attached hydrogens (tertiary/aromatic N) is 3. The van der Waals surface area contributed by atoms with Gasteiger partial charge in [-0.15, -0.1) is 0 Å². The number of carbonyl (C=O) groups excluding carboxylic acids is 1. The smallest absolute Gasteiger partial charge is 0.277 e. The number of fused-ring (bicyclic) bond motifs is 1. The van der Waals surface area contributed by atoms with Crippen molar-refractivity contribution >= 4 is 16.8 Å². The average molecular weight is 324 g/mol. The van der Waals surface area contributed by atoms with Gasteiger partial charge in [-0.05, 0) is 25.5 Å². The van der Waals surface area contributed by atoms with Crippen LogP contribution in [0.25, 0.3) is 10.9 Å². The first-order chi connectivity index (χ1) is 11.5. The molecule has 3 rings (SSSR count). The molecule has 2 aromatic heterocycles. The molecular weight excluding hydrogens is 304 g/mol. The molecule has 1 unspecified atom stereocenters. The van der Waals surface area contributed by atoms with Crippen LogP contribution in [0.4, 0.5) is 0 Å². The van der Waals surface area contributed by atoms with Gasteiger partial charge in [0.1, 0.15) is 12.1 Å². The van der Waals surface area contributed by atoms with E-state index >= 15 is 0 Å². The molecule has 0 bridgehead atoms. The van der Waals surface area contributed by atoms with Crippen molar-refractivity contribution in [1.29, 1.82) is 0 Å². The van der Waals surface area contributed by atoms with Crippen molar-refractivity contribution in [3.05, 3.63) is 64.2 Å². The number of carbonyl (C=O) groups is 1. The fourth-order valence-electron chi connectivity index (χ4n) is 2.89. The number of benzene rings is 1. The summed E-state index contributed by atoms with van der Waals surface area (Å²) >= 11 is 0. The molecule has 0 fully saturated rings. The van der Waals surface area contributed by atoms with Crippen LogP contribution in [0.5, 0.6) is 0 Å². The molecule has 0 saturated carbocycles. The Kier molecular flexibility index (Phi) is 4.20. The van der Waals surface area contributed by atoms with Crippen LogP contribution in [0.3, 0.4) is 0 Å². The molecule has 124 valence electrons. The van der Waals surface area contributed by atoms with Gasteiger partial charge in [-0.1, -0.05) is 30.3 Å². The molecule has 0 aliphatic rings. The molecule has 1 atom stereocenters. The van der Waals surface area contributed by atoms with E-state index in [4.69, 9.17) is 0 Å². The number of amides is 1. The number of aryl methyl sites for hydroxylation is 2. The van der Waals surface area contributed by atoms with Crippen LogP contribution >= 0.6 is 0 Å². The van der Waals surface area contributed by atoms with Crippen LogP contribution in [0.2, 0.25) is 0 Å². The lowest BCUT2D eigenvalue weighted by Gasteiger charge is -2.15. The van der Waals surface area contributed by atoms with Gasteiger partial charge in [0, 0.05) is 18.6 Å². The molecule has 2 heterocycles. The first-order valence-corrected chi connectivity index (χ1v) is 7.84. The van der Waals surface area contributed by atoms with Crippen LogP contribution < -0.4 is 10.9 Å². The van der Waals surface area contributed by atoms with Gasteiger partial charge < -0.3 is 9.88 Å². The van der Waals surface area contributed by atoms with E-state index in [-0.39, 0.29) is 24.1 Å². The highest BCUT2D eigenvalue weighted by atomic mass is 16.2. The zero-order valence-electron chi connectivity index (χ0n) is 14.0. The third kappa shape index (κ3) is 2.95. The fourth-order valence-corrected chi connectivity index (χ4v) is 2.89. The van der Waals surface area contributed by atoms with E-state index in [9.17, 15) is 9.59 Å². The maximum Gasteiger partial charge on any atom is 0.277 e. The lowest BCUT2D eigenvalue weighted by Crippen LogP contribution is -2.34. The highest BCUT2D eigenvalue weighted by molar-refractivity contribution is 5.81. The summed E-state index contributed by atoms with van der Waals surface area (Å²) in [7, 11) is 1.73. The standard InChI is InChI=1S/C18H20N4O2/c1-12(14-7-5-4-6-8-14)19-16(23)11-22-10-9-15-13(2)20-21(3)17(15)18(22)24/h4-10,12H,11H2,1-3H3,(H,19,23). The van der Waals surface area contributed by atoms with Gasteiger partial charge in [0.25, 0.3) is 5.56 Å². The van der Waals surface area contributed by atoms with Gasteiger partial charge >= 0.3 is 0 Å². The second kappa shape index (κ2) is 6.31. The van der Waals surface area contributed by atoms with Gasteiger partial charge in [0.15, 0.2) is 0 Å². The zero-order valence-corrected chi connectivity index (χ0v) is 14.0. The minimum atomic E-state index is -0.210. The Morgan fingerprint density at radius 3 is 2.67 bits per heavy atom. The Morgan fingerprint density at radius 2 is 1.96 bits per heavy atom. The summed E-state index contributed by atoms with van der Waals surface area (Å²) in [6.45, 7) is 3.76. The molecule has 3 aromatic rings. The van der Waals surface area contributed by atoms with Crippen molar-refractivity contribution in [2.75, 3.05) is 0 Å². The summed E-state index contributed by atoms with van der Waals surface area (Å²) in [6.07, 6.45) is 1.64. The zero-order chi connectivity index (χ0) is 17.3. The van der Waals surface area contributed by atoms with Crippen molar-refractivity contribution in [3.63, 3.8) is 0 Å². The Balaban J connectivity index is 1.80. The van der Waals surface area contributed by atoms with Gasteiger partial charge in [0.2, 0.25) is 5.91 Å².